The van der Waals surface area contributed by atoms with Crippen molar-refractivity contribution in [3.63, 3.8) is 0 Å². The van der Waals surface area contributed by atoms with Gasteiger partial charge in [-0.2, -0.15) is 0 Å². The van der Waals surface area contributed by atoms with Crippen molar-refractivity contribution in [3.05, 3.63) is 53.6 Å². The minimum atomic E-state index is -0.169. The van der Waals surface area contributed by atoms with Crippen LogP contribution in [-0.2, 0) is 0 Å². The normalized spacial score (nSPS) is 10.0. The molecule has 4 heteroatoms. The lowest BCUT2D eigenvalue weighted by molar-refractivity contribution is 0.102. The van der Waals surface area contributed by atoms with Crippen molar-refractivity contribution in [2.75, 3.05) is 19.0 Å². The molecule has 0 saturated heterocycles. The number of nitrogens with one attached hydrogen (secondary N) is 1. The van der Waals surface area contributed by atoms with Gasteiger partial charge in [-0.1, -0.05) is 6.07 Å². The monoisotopic (exact) mass is 285 g/mol. The van der Waals surface area contributed by atoms with Crippen molar-refractivity contribution < 1.29 is 14.3 Å². The van der Waals surface area contributed by atoms with Crippen LogP contribution in [-0.4, -0.2) is 19.6 Å². The minimum Gasteiger partial charge on any atom is -0.496 e. The summed E-state index contributed by atoms with van der Waals surface area (Å²) in [6, 6.07) is 12.7. The van der Waals surface area contributed by atoms with Gasteiger partial charge in [0, 0.05) is 11.3 Å². The molecule has 21 heavy (non-hydrogen) atoms. The van der Waals surface area contributed by atoms with E-state index in [0.29, 0.717) is 17.9 Å². The molecule has 0 unspecified atom stereocenters. The van der Waals surface area contributed by atoms with E-state index in [0.717, 1.165) is 17.0 Å². The fraction of sp³-hybridized carbons (Fsp3) is 0.235. The van der Waals surface area contributed by atoms with Gasteiger partial charge in [-0.15, -0.1) is 0 Å². The summed E-state index contributed by atoms with van der Waals surface area (Å²) < 4.78 is 10.6. The van der Waals surface area contributed by atoms with Crippen LogP contribution >= 0.6 is 0 Å². The Morgan fingerprint density at radius 2 is 1.86 bits per heavy atom. The van der Waals surface area contributed by atoms with Gasteiger partial charge in [0.25, 0.3) is 5.91 Å². The van der Waals surface area contributed by atoms with E-state index in [1.165, 1.54) is 0 Å². The molecule has 0 fully saturated rings. The van der Waals surface area contributed by atoms with Crippen LogP contribution in [0.5, 0.6) is 11.5 Å². The Morgan fingerprint density at radius 3 is 2.48 bits per heavy atom. The Balaban J connectivity index is 2.10. The van der Waals surface area contributed by atoms with Crippen molar-refractivity contribution in [1.82, 2.24) is 0 Å². The second-order valence-electron chi connectivity index (χ2n) is 4.60. The highest BCUT2D eigenvalue weighted by molar-refractivity contribution is 6.04. The number of methoxy groups -OCH3 is 1. The number of anilines is 1. The molecule has 2 aromatic carbocycles. The lowest BCUT2D eigenvalue weighted by Crippen LogP contribution is -2.12. The van der Waals surface area contributed by atoms with Crippen molar-refractivity contribution in [2.24, 2.45) is 0 Å². The van der Waals surface area contributed by atoms with Gasteiger partial charge < -0.3 is 14.8 Å². The molecule has 0 spiro atoms. The number of rotatable bonds is 5. The number of ether oxygens (including phenoxy) is 2. The molecule has 0 aliphatic heterocycles. The van der Waals surface area contributed by atoms with Crippen molar-refractivity contribution >= 4 is 11.6 Å². The average Bonchev–Trinajstić information content (AvgIpc) is 2.50. The topological polar surface area (TPSA) is 47.6 Å². The van der Waals surface area contributed by atoms with Gasteiger partial charge in [0.15, 0.2) is 0 Å². The molecular weight excluding hydrogens is 266 g/mol. The van der Waals surface area contributed by atoms with E-state index in [9.17, 15) is 4.79 Å². The SMILES string of the molecule is CCOc1ccc(NC(=O)c2ccc(C)c(OC)c2)cc1. The molecule has 1 N–H and O–H groups in total. The second-order valence-corrected chi connectivity index (χ2v) is 4.60. The van der Waals surface area contributed by atoms with E-state index in [2.05, 4.69) is 5.32 Å². The summed E-state index contributed by atoms with van der Waals surface area (Å²) in [5.74, 6) is 1.32. The van der Waals surface area contributed by atoms with Crippen molar-refractivity contribution in [2.45, 2.75) is 13.8 Å². The first-order chi connectivity index (χ1) is 10.1. The Kier molecular flexibility index (Phi) is 4.82. The molecule has 2 aromatic rings. The highest BCUT2D eigenvalue weighted by Crippen LogP contribution is 2.21. The van der Waals surface area contributed by atoms with Crippen LogP contribution in [0.1, 0.15) is 22.8 Å². The van der Waals surface area contributed by atoms with Gasteiger partial charge in [0.1, 0.15) is 11.5 Å². The van der Waals surface area contributed by atoms with E-state index in [-0.39, 0.29) is 5.91 Å². The zero-order valence-corrected chi connectivity index (χ0v) is 12.5. The average molecular weight is 285 g/mol. The van der Waals surface area contributed by atoms with Gasteiger partial charge in [0.05, 0.1) is 13.7 Å². The highest BCUT2D eigenvalue weighted by Gasteiger charge is 2.09. The molecule has 0 saturated carbocycles. The Bertz CT molecular complexity index is 620. The van der Waals surface area contributed by atoms with Crippen LogP contribution in [0.2, 0.25) is 0 Å². The van der Waals surface area contributed by atoms with Crippen LogP contribution in [0, 0.1) is 6.92 Å². The lowest BCUT2D eigenvalue weighted by atomic mass is 10.1. The summed E-state index contributed by atoms with van der Waals surface area (Å²) >= 11 is 0. The number of carbonyl (C=O) groups excluding carboxylic acids is 1. The molecule has 0 aliphatic carbocycles. The predicted octanol–water partition coefficient (Wildman–Crippen LogP) is 3.65. The van der Waals surface area contributed by atoms with E-state index in [4.69, 9.17) is 9.47 Å². The Labute approximate surface area is 124 Å². The fourth-order valence-electron chi connectivity index (χ4n) is 1.97. The molecule has 1 amide bonds. The first kappa shape index (κ1) is 14.9. The summed E-state index contributed by atoms with van der Waals surface area (Å²) in [6.45, 7) is 4.49. The summed E-state index contributed by atoms with van der Waals surface area (Å²) in [6.07, 6.45) is 0. The summed E-state index contributed by atoms with van der Waals surface area (Å²) in [4.78, 5) is 12.2. The van der Waals surface area contributed by atoms with Gasteiger partial charge in [-0.25, -0.2) is 0 Å². The molecule has 0 bridgehead atoms. The molecule has 0 aromatic heterocycles. The van der Waals surface area contributed by atoms with Crippen molar-refractivity contribution in [1.29, 1.82) is 0 Å². The van der Waals surface area contributed by atoms with Gasteiger partial charge in [-0.3, -0.25) is 4.79 Å². The standard InChI is InChI=1S/C17H19NO3/c1-4-21-15-9-7-14(8-10-15)18-17(19)13-6-5-12(2)16(11-13)20-3/h5-11H,4H2,1-3H3,(H,18,19). The molecule has 0 radical (unpaired) electrons. The molecule has 0 heterocycles. The van der Waals surface area contributed by atoms with E-state index >= 15 is 0 Å². The third kappa shape index (κ3) is 3.75. The molecule has 0 aliphatic rings. The summed E-state index contributed by atoms with van der Waals surface area (Å²) in [5, 5.41) is 2.85. The molecular formula is C17H19NO3. The predicted molar refractivity (Wildman–Crippen MR) is 83.3 cm³/mol. The zero-order valence-electron chi connectivity index (χ0n) is 12.5. The number of carbonyl (C=O) groups is 1. The van der Waals surface area contributed by atoms with E-state index in [1.807, 2.05) is 44.2 Å². The molecule has 110 valence electrons. The van der Waals surface area contributed by atoms with Gasteiger partial charge in [-0.05, 0) is 55.8 Å². The highest BCUT2D eigenvalue weighted by atomic mass is 16.5. The maximum Gasteiger partial charge on any atom is 0.255 e. The van der Waals surface area contributed by atoms with Gasteiger partial charge >= 0.3 is 0 Å². The van der Waals surface area contributed by atoms with Crippen LogP contribution in [0.3, 0.4) is 0 Å². The quantitative estimate of drug-likeness (QED) is 0.912. The Hall–Kier alpha value is -2.49. The second kappa shape index (κ2) is 6.79. The van der Waals surface area contributed by atoms with Crippen LogP contribution in [0.4, 0.5) is 5.69 Å². The van der Waals surface area contributed by atoms with E-state index in [1.54, 1.807) is 19.2 Å². The smallest absolute Gasteiger partial charge is 0.255 e. The molecule has 0 atom stereocenters. The van der Waals surface area contributed by atoms with Gasteiger partial charge in [0.2, 0.25) is 0 Å². The number of aryl methyl sites for hydroxylation is 1. The number of amides is 1. The summed E-state index contributed by atoms with van der Waals surface area (Å²) in [5.41, 5.74) is 2.28. The van der Waals surface area contributed by atoms with Crippen LogP contribution in [0.25, 0.3) is 0 Å². The van der Waals surface area contributed by atoms with Crippen LogP contribution in [0.15, 0.2) is 42.5 Å². The first-order valence-corrected chi connectivity index (χ1v) is 6.83. The third-order valence-electron chi connectivity index (χ3n) is 3.09. The molecule has 2 rings (SSSR count). The third-order valence-corrected chi connectivity index (χ3v) is 3.09. The Morgan fingerprint density at radius 1 is 1.14 bits per heavy atom. The minimum absolute atomic E-state index is 0.169. The molecule has 4 nitrogen and oxygen atoms in total. The maximum absolute atomic E-state index is 12.2. The first-order valence-electron chi connectivity index (χ1n) is 6.83. The number of hydrogen-bond acceptors (Lipinski definition) is 3. The largest absolute Gasteiger partial charge is 0.496 e. The van der Waals surface area contributed by atoms with Crippen molar-refractivity contribution in [3.8, 4) is 11.5 Å². The fourth-order valence-corrected chi connectivity index (χ4v) is 1.97. The number of hydrogen-bond donors (Lipinski definition) is 1. The zero-order chi connectivity index (χ0) is 15.2. The summed E-state index contributed by atoms with van der Waals surface area (Å²) in [7, 11) is 1.59. The van der Waals surface area contributed by atoms with Crippen LogP contribution < -0.4 is 14.8 Å². The lowest BCUT2D eigenvalue weighted by Gasteiger charge is -2.09. The maximum atomic E-state index is 12.2. The van der Waals surface area contributed by atoms with E-state index < -0.39 is 0 Å². The number of benzene rings is 2.